The van der Waals surface area contributed by atoms with Gasteiger partial charge in [-0.05, 0) is 47.7 Å². The lowest BCUT2D eigenvalue weighted by molar-refractivity contribution is -0.118. The highest BCUT2D eigenvalue weighted by atomic mass is 16.2. The van der Waals surface area contributed by atoms with Gasteiger partial charge in [0.2, 0.25) is 5.91 Å². The Bertz CT molecular complexity index is 929. The third kappa shape index (κ3) is 3.23. The number of carbonyl (C=O) groups excluding carboxylic acids is 1. The van der Waals surface area contributed by atoms with E-state index < -0.39 is 0 Å². The number of carbonyl (C=O) groups is 1. The summed E-state index contributed by atoms with van der Waals surface area (Å²) in [5, 5.41) is 5.90. The van der Waals surface area contributed by atoms with Gasteiger partial charge in [-0.2, -0.15) is 0 Å². The van der Waals surface area contributed by atoms with Crippen LogP contribution in [0.4, 0.5) is 5.69 Å². The second-order valence-corrected chi connectivity index (χ2v) is 6.95. The topological polar surface area (TPSA) is 32.3 Å². The number of nitrogens with zero attached hydrogens (tertiary/aromatic N) is 1. The summed E-state index contributed by atoms with van der Waals surface area (Å²) in [6.07, 6.45) is 2.08. The molecular formula is C23H24N2O. The van der Waals surface area contributed by atoms with E-state index in [2.05, 4.69) is 66.8 Å². The van der Waals surface area contributed by atoms with Gasteiger partial charge in [0, 0.05) is 18.3 Å². The molecule has 3 nitrogen and oxygen atoms in total. The van der Waals surface area contributed by atoms with Crippen LogP contribution in [-0.2, 0) is 11.2 Å². The molecule has 0 bridgehead atoms. The van der Waals surface area contributed by atoms with Crippen LogP contribution in [0, 0.1) is 0 Å². The van der Waals surface area contributed by atoms with Gasteiger partial charge in [0.25, 0.3) is 0 Å². The fraction of sp³-hybridized carbons (Fsp3) is 0.261. The molecule has 1 aliphatic rings. The molecule has 26 heavy (non-hydrogen) atoms. The van der Waals surface area contributed by atoms with E-state index in [-0.39, 0.29) is 11.9 Å². The number of hydrogen-bond acceptors (Lipinski definition) is 2. The van der Waals surface area contributed by atoms with Crippen molar-refractivity contribution in [2.24, 2.45) is 0 Å². The SMILES string of the molecule is C[C@@H](NCC(=O)N1CCCc2ccccc21)c1cccc2ccccc12. The van der Waals surface area contributed by atoms with E-state index >= 15 is 0 Å². The molecular weight excluding hydrogens is 320 g/mol. The highest BCUT2D eigenvalue weighted by Gasteiger charge is 2.22. The number of para-hydroxylation sites is 1. The van der Waals surface area contributed by atoms with Gasteiger partial charge < -0.3 is 10.2 Å². The maximum Gasteiger partial charge on any atom is 0.240 e. The lowest BCUT2D eigenvalue weighted by Gasteiger charge is -2.30. The Hall–Kier alpha value is -2.65. The molecule has 1 aliphatic heterocycles. The number of aryl methyl sites for hydroxylation is 1. The Labute approximate surface area is 154 Å². The third-order valence-electron chi connectivity index (χ3n) is 5.26. The van der Waals surface area contributed by atoms with E-state index in [0.29, 0.717) is 6.54 Å². The molecule has 0 fully saturated rings. The molecule has 1 heterocycles. The monoisotopic (exact) mass is 344 g/mol. The molecule has 0 aromatic heterocycles. The molecule has 132 valence electrons. The van der Waals surface area contributed by atoms with Gasteiger partial charge in [-0.25, -0.2) is 0 Å². The zero-order valence-corrected chi connectivity index (χ0v) is 15.1. The quantitative estimate of drug-likeness (QED) is 0.757. The molecule has 3 aromatic carbocycles. The van der Waals surface area contributed by atoms with Crippen LogP contribution >= 0.6 is 0 Å². The molecule has 3 aromatic rings. The number of fused-ring (bicyclic) bond motifs is 2. The Kier molecular flexibility index (Phi) is 4.72. The number of amides is 1. The number of benzene rings is 3. The van der Waals surface area contributed by atoms with Crippen molar-refractivity contribution >= 4 is 22.4 Å². The summed E-state index contributed by atoms with van der Waals surface area (Å²) in [5.74, 6) is 0.143. The van der Waals surface area contributed by atoms with E-state index in [1.807, 2.05) is 17.0 Å². The van der Waals surface area contributed by atoms with Crippen molar-refractivity contribution in [1.82, 2.24) is 5.32 Å². The van der Waals surface area contributed by atoms with Gasteiger partial charge in [-0.3, -0.25) is 4.79 Å². The molecule has 1 atom stereocenters. The normalized spacial score (nSPS) is 14.9. The van der Waals surface area contributed by atoms with Crippen LogP contribution in [0.1, 0.15) is 30.5 Å². The molecule has 1 amide bonds. The zero-order chi connectivity index (χ0) is 17.9. The highest BCUT2D eigenvalue weighted by molar-refractivity contribution is 5.96. The first kappa shape index (κ1) is 16.8. The van der Waals surface area contributed by atoms with Gasteiger partial charge in [0.15, 0.2) is 0 Å². The van der Waals surface area contributed by atoms with Crippen LogP contribution in [0.2, 0.25) is 0 Å². The van der Waals surface area contributed by atoms with Gasteiger partial charge in [-0.1, -0.05) is 60.7 Å². The first-order valence-electron chi connectivity index (χ1n) is 9.33. The summed E-state index contributed by atoms with van der Waals surface area (Å²) in [5.41, 5.74) is 3.58. The van der Waals surface area contributed by atoms with Crippen LogP contribution in [0.3, 0.4) is 0 Å². The van der Waals surface area contributed by atoms with E-state index in [0.717, 1.165) is 25.1 Å². The summed E-state index contributed by atoms with van der Waals surface area (Å²) < 4.78 is 0. The van der Waals surface area contributed by atoms with Crippen LogP contribution < -0.4 is 10.2 Å². The van der Waals surface area contributed by atoms with Crippen LogP contribution in [-0.4, -0.2) is 19.0 Å². The second kappa shape index (κ2) is 7.30. The fourth-order valence-corrected chi connectivity index (χ4v) is 3.87. The average molecular weight is 344 g/mol. The Balaban J connectivity index is 1.48. The number of rotatable bonds is 4. The van der Waals surface area contributed by atoms with E-state index in [4.69, 9.17) is 0 Å². The molecule has 0 radical (unpaired) electrons. The maximum absolute atomic E-state index is 12.8. The van der Waals surface area contributed by atoms with Crippen molar-refractivity contribution in [1.29, 1.82) is 0 Å². The molecule has 0 aliphatic carbocycles. The Morgan fingerprint density at radius 3 is 2.73 bits per heavy atom. The maximum atomic E-state index is 12.8. The van der Waals surface area contributed by atoms with E-state index in [1.165, 1.54) is 21.9 Å². The smallest absolute Gasteiger partial charge is 0.240 e. The predicted octanol–water partition coefficient (Wildman–Crippen LogP) is 4.47. The number of hydrogen-bond donors (Lipinski definition) is 1. The lowest BCUT2D eigenvalue weighted by atomic mass is 9.99. The molecule has 3 heteroatoms. The van der Waals surface area contributed by atoms with Gasteiger partial charge >= 0.3 is 0 Å². The summed E-state index contributed by atoms with van der Waals surface area (Å²) >= 11 is 0. The van der Waals surface area contributed by atoms with Gasteiger partial charge in [-0.15, -0.1) is 0 Å². The molecule has 0 saturated carbocycles. The molecule has 0 unspecified atom stereocenters. The summed E-state index contributed by atoms with van der Waals surface area (Å²) in [6, 6.07) is 23.1. The number of anilines is 1. The minimum absolute atomic E-state index is 0.116. The largest absolute Gasteiger partial charge is 0.311 e. The average Bonchev–Trinajstić information content (AvgIpc) is 2.71. The van der Waals surface area contributed by atoms with Crippen molar-refractivity contribution in [3.8, 4) is 0 Å². The Morgan fingerprint density at radius 2 is 1.81 bits per heavy atom. The standard InChI is InChI=1S/C23H24N2O/c1-17(20-13-6-10-18-8-2-4-12-21(18)20)24-16-23(26)25-15-7-11-19-9-3-5-14-22(19)25/h2-6,8-10,12-14,17,24H,7,11,15-16H2,1H3/t17-/m1/s1. The second-order valence-electron chi connectivity index (χ2n) is 6.95. The van der Waals surface area contributed by atoms with Crippen molar-refractivity contribution in [2.75, 3.05) is 18.0 Å². The minimum Gasteiger partial charge on any atom is -0.311 e. The zero-order valence-electron chi connectivity index (χ0n) is 15.1. The van der Waals surface area contributed by atoms with Gasteiger partial charge in [0.05, 0.1) is 6.54 Å². The minimum atomic E-state index is 0.116. The van der Waals surface area contributed by atoms with Gasteiger partial charge in [0.1, 0.15) is 0 Å². The van der Waals surface area contributed by atoms with E-state index in [1.54, 1.807) is 0 Å². The van der Waals surface area contributed by atoms with Crippen molar-refractivity contribution < 1.29 is 4.79 Å². The van der Waals surface area contributed by atoms with Crippen LogP contribution in [0.15, 0.2) is 66.7 Å². The van der Waals surface area contributed by atoms with Crippen molar-refractivity contribution in [3.63, 3.8) is 0 Å². The molecule has 0 saturated heterocycles. The number of nitrogens with one attached hydrogen (secondary N) is 1. The summed E-state index contributed by atoms with van der Waals surface area (Å²) in [6.45, 7) is 3.28. The lowest BCUT2D eigenvalue weighted by Crippen LogP contribution is -2.41. The molecule has 0 spiro atoms. The third-order valence-corrected chi connectivity index (χ3v) is 5.26. The summed E-state index contributed by atoms with van der Waals surface area (Å²) in [4.78, 5) is 14.8. The van der Waals surface area contributed by atoms with Crippen LogP contribution in [0.25, 0.3) is 10.8 Å². The molecule has 1 N–H and O–H groups in total. The fourth-order valence-electron chi connectivity index (χ4n) is 3.87. The first-order chi connectivity index (χ1) is 12.7. The van der Waals surface area contributed by atoms with Crippen molar-refractivity contribution in [3.05, 3.63) is 77.9 Å². The van der Waals surface area contributed by atoms with Crippen molar-refractivity contribution in [2.45, 2.75) is 25.8 Å². The van der Waals surface area contributed by atoms with Crippen LogP contribution in [0.5, 0.6) is 0 Å². The van der Waals surface area contributed by atoms with E-state index in [9.17, 15) is 4.79 Å². The molecule has 4 rings (SSSR count). The Morgan fingerprint density at radius 1 is 1.04 bits per heavy atom. The highest BCUT2D eigenvalue weighted by Crippen LogP contribution is 2.27. The summed E-state index contributed by atoms with van der Waals surface area (Å²) in [7, 11) is 0. The predicted molar refractivity (Wildman–Crippen MR) is 107 cm³/mol. The first-order valence-corrected chi connectivity index (χ1v) is 9.33.